The molecule has 0 saturated heterocycles. The maximum absolute atomic E-state index is 12.1. The summed E-state index contributed by atoms with van der Waals surface area (Å²) in [4.78, 5) is 27.2. The Bertz CT molecular complexity index is 499. The van der Waals surface area contributed by atoms with Gasteiger partial charge >= 0.3 is 5.97 Å². The molecule has 0 aromatic carbocycles. The standard InChI is InChI=1S/C15H18N2O3/c18-14(12-3-1-2-4-13(12)15(19)20)17-10-7-11-5-8-16-9-6-11/h1-2,5-6,8-9,12-13H,3-4,7,10H2,(H,17,18)(H,19,20)/t12-,13+/m0/s1. The van der Waals surface area contributed by atoms with Crippen molar-refractivity contribution in [2.24, 2.45) is 11.8 Å². The second-order valence-corrected chi connectivity index (χ2v) is 4.89. The van der Waals surface area contributed by atoms with Crippen LogP contribution in [0.1, 0.15) is 18.4 Å². The van der Waals surface area contributed by atoms with E-state index in [2.05, 4.69) is 10.3 Å². The number of pyridine rings is 1. The van der Waals surface area contributed by atoms with Crippen molar-refractivity contribution >= 4 is 11.9 Å². The molecular formula is C15H18N2O3. The topological polar surface area (TPSA) is 79.3 Å². The van der Waals surface area contributed by atoms with Gasteiger partial charge in [0, 0.05) is 18.9 Å². The van der Waals surface area contributed by atoms with Crippen molar-refractivity contribution in [1.82, 2.24) is 10.3 Å². The van der Waals surface area contributed by atoms with Gasteiger partial charge in [-0.3, -0.25) is 14.6 Å². The van der Waals surface area contributed by atoms with Gasteiger partial charge in [0.05, 0.1) is 11.8 Å². The van der Waals surface area contributed by atoms with Crippen molar-refractivity contribution in [3.05, 3.63) is 42.2 Å². The highest BCUT2D eigenvalue weighted by Crippen LogP contribution is 2.25. The van der Waals surface area contributed by atoms with Gasteiger partial charge in [-0.05, 0) is 37.0 Å². The lowest BCUT2D eigenvalue weighted by Crippen LogP contribution is -2.39. The average Bonchev–Trinajstić information content (AvgIpc) is 2.48. The molecule has 2 rings (SSSR count). The number of allylic oxidation sites excluding steroid dienone is 2. The van der Waals surface area contributed by atoms with E-state index in [0.717, 1.165) is 5.56 Å². The molecule has 0 spiro atoms. The van der Waals surface area contributed by atoms with Crippen molar-refractivity contribution in [1.29, 1.82) is 0 Å². The van der Waals surface area contributed by atoms with Gasteiger partial charge in [-0.2, -0.15) is 0 Å². The van der Waals surface area contributed by atoms with Crippen LogP contribution < -0.4 is 5.32 Å². The van der Waals surface area contributed by atoms with Gasteiger partial charge in [-0.15, -0.1) is 0 Å². The van der Waals surface area contributed by atoms with Crippen LogP contribution in [0.15, 0.2) is 36.7 Å². The van der Waals surface area contributed by atoms with Crippen LogP contribution in [0.4, 0.5) is 0 Å². The molecule has 2 N–H and O–H groups in total. The third kappa shape index (κ3) is 3.66. The number of aliphatic carboxylic acids is 1. The molecule has 0 bridgehead atoms. The Labute approximate surface area is 117 Å². The monoisotopic (exact) mass is 274 g/mol. The van der Waals surface area contributed by atoms with Crippen molar-refractivity contribution in [3.8, 4) is 0 Å². The van der Waals surface area contributed by atoms with Crippen LogP contribution in [0.25, 0.3) is 0 Å². The van der Waals surface area contributed by atoms with Crippen molar-refractivity contribution in [2.75, 3.05) is 6.54 Å². The zero-order valence-corrected chi connectivity index (χ0v) is 11.2. The molecule has 1 aliphatic carbocycles. The molecule has 1 aliphatic rings. The van der Waals surface area contributed by atoms with E-state index in [1.165, 1.54) is 0 Å². The first-order valence-corrected chi connectivity index (χ1v) is 6.73. The fourth-order valence-corrected chi connectivity index (χ4v) is 2.39. The quantitative estimate of drug-likeness (QED) is 0.796. The fourth-order valence-electron chi connectivity index (χ4n) is 2.39. The summed E-state index contributed by atoms with van der Waals surface area (Å²) in [5.41, 5.74) is 1.10. The summed E-state index contributed by atoms with van der Waals surface area (Å²) in [6.45, 7) is 0.509. The molecule has 1 amide bonds. The van der Waals surface area contributed by atoms with Crippen LogP contribution in [0.2, 0.25) is 0 Å². The molecule has 0 aliphatic heterocycles. The van der Waals surface area contributed by atoms with E-state index in [1.54, 1.807) is 12.4 Å². The lowest BCUT2D eigenvalue weighted by atomic mass is 9.82. The molecule has 0 fully saturated rings. The first kappa shape index (κ1) is 14.2. The number of nitrogens with zero attached hydrogens (tertiary/aromatic N) is 1. The Kier molecular flexibility index (Phi) is 4.87. The molecule has 0 saturated carbocycles. The molecule has 5 nitrogen and oxygen atoms in total. The number of rotatable bonds is 5. The molecule has 2 atom stereocenters. The predicted molar refractivity (Wildman–Crippen MR) is 73.9 cm³/mol. The Morgan fingerprint density at radius 3 is 2.50 bits per heavy atom. The molecule has 5 heteroatoms. The van der Waals surface area contributed by atoms with Crippen molar-refractivity contribution in [3.63, 3.8) is 0 Å². The predicted octanol–water partition coefficient (Wildman–Crippen LogP) is 1.41. The number of hydrogen-bond donors (Lipinski definition) is 2. The minimum Gasteiger partial charge on any atom is -0.481 e. The number of amides is 1. The van der Waals surface area contributed by atoms with Crippen LogP contribution in [-0.2, 0) is 16.0 Å². The van der Waals surface area contributed by atoms with E-state index in [9.17, 15) is 9.59 Å². The molecule has 106 valence electrons. The van der Waals surface area contributed by atoms with Crippen molar-refractivity contribution < 1.29 is 14.7 Å². The normalized spacial score (nSPS) is 21.4. The van der Waals surface area contributed by atoms with Gasteiger partial charge in [0.15, 0.2) is 0 Å². The van der Waals surface area contributed by atoms with Gasteiger partial charge in [0.2, 0.25) is 5.91 Å². The Hall–Kier alpha value is -2.17. The van der Waals surface area contributed by atoms with Gasteiger partial charge in [-0.1, -0.05) is 12.2 Å². The fraction of sp³-hybridized carbons (Fsp3) is 0.400. The van der Waals surface area contributed by atoms with E-state index in [-0.39, 0.29) is 5.91 Å². The number of aromatic nitrogens is 1. The third-order valence-corrected chi connectivity index (χ3v) is 3.55. The van der Waals surface area contributed by atoms with E-state index >= 15 is 0 Å². The van der Waals surface area contributed by atoms with Crippen LogP contribution in [0, 0.1) is 11.8 Å². The first-order valence-electron chi connectivity index (χ1n) is 6.73. The lowest BCUT2D eigenvalue weighted by Gasteiger charge is -2.24. The summed E-state index contributed by atoms with van der Waals surface area (Å²) in [5, 5.41) is 12.0. The van der Waals surface area contributed by atoms with Gasteiger partial charge in [-0.25, -0.2) is 0 Å². The maximum atomic E-state index is 12.1. The molecule has 1 heterocycles. The number of hydrogen-bond acceptors (Lipinski definition) is 3. The average molecular weight is 274 g/mol. The van der Waals surface area contributed by atoms with E-state index in [1.807, 2.05) is 24.3 Å². The van der Waals surface area contributed by atoms with Crippen LogP contribution in [0.5, 0.6) is 0 Å². The molecule has 0 radical (unpaired) electrons. The number of carboxylic acids is 1. The SMILES string of the molecule is O=C(NCCc1ccncc1)[C@H]1CC=CC[C@H]1C(=O)O. The molecule has 1 aromatic rings. The van der Waals surface area contributed by atoms with Gasteiger partial charge in [0.25, 0.3) is 0 Å². The highest BCUT2D eigenvalue weighted by Gasteiger charge is 2.33. The lowest BCUT2D eigenvalue weighted by molar-refractivity contribution is -0.147. The zero-order valence-electron chi connectivity index (χ0n) is 11.2. The minimum absolute atomic E-state index is 0.171. The summed E-state index contributed by atoms with van der Waals surface area (Å²) < 4.78 is 0. The van der Waals surface area contributed by atoms with Crippen LogP contribution >= 0.6 is 0 Å². The second kappa shape index (κ2) is 6.84. The van der Waals surface area contributed by atoms with E-state index in [4.69, 9.17) is 5.11 Å². The molecule has 1 aromatic heterocycles. The summed E-state index contributed by atoms with van der Waals surface area (Å²) in [7, 11) is 0. The van der Waals surface area contributed by atoms with Crippen LogP contribution in [0.3, 0.4) is 0 Å². The summed E-state index contributed by atoms with van der Waals surface area (Å²) in [6.07, 6.45) is 8.78. The molecule has 20 heavy (non-hydrogen) atoms. The maximum Gasteiger partial charge on any atom is 0.307 e. The number of carboxylic acid groups (broad SMARTS) is 1. The summed E-state index contributed by atoms with van der Waals surface area (Å²) in [5.74, 6) is -2.14. The van der Waals surface area contributed by atoms with Crippen LogP contribution in [-0.4, -0.2) is 28.5 Å². The Morgan fingerprint density at radius 1 is 1.20 bits per heavy atom. The summed E-state index contributed by atoms with van der Waals surface area (Å²) >= 11 is 0. The van der Waals surface area contributed by atoms with E-state index < -0.39 is 17.8 Å². The molecule has 0 unspecified atom stereocenters. The molecular weight excluding hydrogens is 256 g/mol. The second-order valence-electron chi connectivity index (χ2n) is 4.89. The number of nitrogens with one attached hydrogen (secondary N) is 1. The number of carbonyl (C=O) groups excluding carboxylic acids is 1. The highest BCUT2D eigenvalue weighted by atomic mass is 16.4. The Balaban J connectivity index is 1.85. The third-order valence-electron chi connectivity index (χ3n) is 3.55. The highest BCUT2D eigenvalue weighted by molar-refractivity contribution is 5.85. The van der Waals surface area contributed by atoms with E-state index in [0.29, 0.717) is 25.8 Å². The largest absolute Gasteiger partial charge is 0.481 e. The zero-order chi connectivity index (χ0) is 14.4. The van der Waals surface area contributed by atoms with Gasteiger partial charge in [0.1, 0.15) is 0 Å². The first-order chi connectivity index (χ1) is 9.68. The smallest absolute Gasteiger partial charge is 0.307 e. The summed E-state index contributed by atoms with van der Waals surface area (Å²) in [6, 6.07) is 3.80. The number of carbonyl (C=O) groups is 2. The Morgan fingerprint density at radius 2 is 1.85 bits per heavy atom. The van der Waals surface area contributed by atoms with Crippen molar-refractivity contribution in [2.45, 2.75) is 19.3 Å². The van der Waals surface area contributed by atoms with Gasteiger partial charge < -0.3 is 10.4 Å². The minimum atomic E-state index is -0.899.